The molecule has 0 unspecified atom stereocenters. The van der Waals surface area contributed by atoms with E-state index in [9.17, 15) is 18.0 Å². The molecule has 1 aliphatic rings. The van der Waals surface area contributed by atoms with Gasteiger partial charge in [0.15, 0.2) is 6.61 Å². The van der Waals surface area contributed by atoms with Crippen LogP contribution in [0.3, 0.4) is 0 Å². The molecule has 124 valence electrons. The Morgan fingerprint density at radius 2 is 2.14 bits per heavy atom. The van der Waals surface area contributed by atoms with Gasteiger partial charge in [-0.05, 0) is 40.0 Å². The van der Waals surface area contributed by atoms with Crippen molar-refractivity contribution in [1.29, 1.82) is 0 Å². The number of aromatic nitrogens is 2. The van der Waals surface area contributed by atoms with Gasteiger partial charge in [-0.3, -0.25) is 4.68 Å². The Bertz CT molecular complexity index is 547. The number of carbonyl (C=O) groups is 1. The van der Waals surface area contributed by atoms with E-state index in [1.807, 2.05) is 25.5 Å². The minimum absolute atomic E-state index is 0.188. The molecule has 1 heterocycles. The lowest BCUT2D eigenvalue weighted by atomic mass is 9.92. The fraction of sp³-hybridized carbons (Fsp3) is 0.714. The third-order valence-corrected chi connectivity index (χ3v) is 3.48. The monoisotopic (exact) mass is 319 g/mol. The first-order valence-corrected chi connectivity index (χ1v) is 7.15. The van der Waals surface area contributed by atoms with Crippen molar-refractivity contribution in [2.24, 2.45) is 0 Å². The van der Waals surface area contributed by atoms with Crippen molar-refractivity contribution in [3.8, 4) is 0 Å². The van der Waals surface area contributed by atoms with E-state index in [4.69, 9.17) is 0 Å². The summed E-state index contributed by atoms with van der Waals surface area (Å²) in [6.07, 6.45) is -1.58. The van der Waals surface area contributed by atoms with Crippen LogP contribution >= 0.6 is 0 Å². The van der Waals surface area contributed by atoms with Gasteiger partial charge >= 0.3 is 12.3 Å². The van der Waals surface area contributed by atoms with Crippen LogP contribution in [0.5, 0.6) is 0 Å². The molecule has 0 saturated heterocycles. The van der Waals surface area contributed by atoms with Crippen LogP contribution in [0.15, 0.2) is 6.20 Å². The van der Waals surface area contributed by atoms with Crippen LogP contribution in [0, 0.1) is 0 Å². The number of hydrogen-bond acceptors (Lipinski definition) is 3. The van der Waals surface area contributed by atoms with Gasteiger partial charge in [0.25, 0.3) is 0 Å². The molecule has 5 nitrogen and oxygen atoms in total. The number of fused-ring (bicyclic) bond motifs is 1. The number of nitrogens with one attached hydrogen (secondary N) is 1. The van der Waals surface area contributed by atoms with Gasteiger partial charge in [-0.25, -0.2) is 4.79 Å². The molecule has 0 fully saturated rings. The largest absolute Gasteiger partial charge is 0.440 e. The lowest BCUT2D eigenvalue weighted by molar-refractivity contribution is -0.160. The first-order valence-electron chi connectivity index (χ1n) is 7.15. The second-order valence-corrected chi connectivity index (χ2v) is 6.41. The molecular weight excluding hydrogens is 299 g/mol. The highest BCUT2D eigenvalue weighted by molar-refractivity contribution is 5.68. The van der Waals surface area contributed by atoms with Crippen molar-refractivity contribution >= 4 is 6.09 Å². The zero-order chi connectivity index (χ0) is 16.5. The number of ether oxygens (including phenoxy) is 1. The first kappa shape index (κ1) is 16.6. The number of nitrogens with zero attached hydrogens (tertiary/aromatic N) is 2. The smallest absolute Gasteiger partial charge is 0.422 e. The Balaban J connectivity index is 2.07. The molecule has 1 N–H and O–H groups in total. The Morgan fingerprint density at radius 1 is 1.45 bits per heavy atom. The summed E-state index contributed by atoms with van der Waals surface area (Å²) in [6.45, 7) is 4.48. The average molecular weight is 319 g/mol. The van der Waals surface area contributed by atoms with E-state index in [0.717, 1.165) is 24.1 Å². The standard InChI is InChI=1S/C14H20F3N3O2/c1-13(2,3)20-11-6-4-5-10(9(11)7-18-20)19-12(21)22-8-14(15,16)17/h7,10H,4-6,8H2,1-3H3,(H,19,21)/t10-/m0/s1. The molecule has 1 aromatic rings. The molecule has 1 amide bonds. The fourth-order valence-electron chi connectivity index (χ4n) is 2.62. The molecule has 0 radical (unpaired) electrons. The van der Waals surface area contributed by atoms with Crippen molar-refractivity contribution in [2.75, 3.05) is 6.61 Å². The van der Waals surface area contributed by atoms with Crippen LogP contribution in [-0.4, -0.2) is 28.7 Å². The number of rotatable bonds is 2. The van der Waals surface area contributed by atoms with E-state index in [0.29, 0.717) is 6.42 Å². The maximum atomic E-state index is 12.0. The van der Waals surface area contributed by atoms with Crippen molar-refractivity contribution in [2.45, 2.75) is 57.8 Å². The lowest BCUT2D eigenvalue weighted by Gasteiger charge is -2.28. The second-order valence-electron chi connectivity index (χ2n) is 6.41. The SMILES string of the molecule is CC(C)(C)n1ncc2c1CCC[C@@H]2NC(=O)OCC(F)(F)F. The van der Waals surface area contributed by atoms with E-state index < -0.39 is 18.9 Å². The van der Waals surface area contributed by atoms with Gasteiger partial charge in [0.05, 0.1) is 17.8 Å². The fourth-order valence-corrected chi connectivity index (χ4v) is 2.62. The van der Waals surface area contributed by atoms with Gasteiger partial charge < -0.3 is 10.1 Å². The van der Waals surface area contributed by atoms with E-state index in [1.54, 1.807) is 6.20 Å². The van der Waals surface area contributed by atoms with E-state index in [1.165, 1.54) is 0 Å². The minimum Gasteiger partial charge on any atom is -0.440 e. The Hall–Kier alpha value is -1.73. The van der Waals surface area contributed by atoms with Crippen molar-refractivity contribution in [3.63, 3.8) is 0 Å². The molecule has 1 aliphatic carbocycles. The van der Waals surface area contributed by atoms with Gasteiger partial charge in [-0.2, -0.15) is 18.3 Å². The number of carbonyl (C=O) groups excluding carboxylic acids is 1. The third kappa shape index (κ3) is 3.92. The summed E-state index contributed by atoms with van der Waals surface area (Å²) in [5, 5.41) is 6.85. The number of amides is 1. The Kier molecular flexibility index (Phi) is 4.39. The quantitative estimate of drug-likeness (QED) is 0.910. The summed E-state index contributed by atoms with van der Waals surface area (Å²) in [7, 11) is 0. The average Bonchev–Trinajstić information content (AvgIpc) is 2.80. The van der Waals surface area contributed by atoms with Gasteiger partial charge in [-0.1, -0.05) is 0 Å². The molecule has 2 rings (SSSR count). The van der Waals surface area contributed by atoms with Crippen LogP contribution in [0.1, 0.15) is 50.9 Å². The summed E-state index contributed by atoms with van der Waals surface area (Å²) >= 11 is 0. The van der Waals surface area contributed by atoms with E-state index in [-0.39, 0.29) is 11.6 Å². The molecule has 0 spiro atoms. The Labute approximate surface area is 126 Å². The molecule has 1 aromatic heterocycles. The topological polar surface area (TPSA) is 56.2 Å². The van der Waals surface area contributed by atoms with Crippen LogP contribution in [0.25, 0.3) is 0 Å². The highest BCUT2D eigenvalue weighted by Crippen LogP contribution is 2.32. The lowest BCUT2D eigenvalue weighted by Crippen LogP contribution is -2.34. The number of hydrogen-bond donors (Lipinski definition) is 1. The van der Waals surface area contributed by atoms with Gasteiger partial charge in [0.1, 0.15) is 0 Å². The summed E-state index contributed by atoms with van der Waals surface area (Å²) in [4.78, 5) is 11.5. The van der Waals surface area contributed by atoms with Gasteiger partial charge in [0.2, 0.25) is 0 Å². The first-order chi connectivity index (χ1) is 10.1. The minimum atomic E-state index is -4.52. The van der Waals surface area contributed by atoms with E-state index in [2.05, 4.69) is 15.2 Å². The summed E-state index contributed by atoms with van der Waals surface area (Å²) in [6, 6.07) is -0.361. The van der Waals surface area contributed by atoms with Crippen LogP contribution in [0.4, 0.5) is 18.0 Å². The molecule has 22 heavy (non-hydrogen) atoms. The molecule has 0 bridgehead atoms. The summed E-state index contributed by atoms with van der Waals surface area (Å²) in [5.41, 5.74) is 1.68. The molecule has 8 heteroatoms. The molecular formula is C14H20F3N3O2. The highest BCUT2D eigenvalue weighted by Gasteiger charge is 2.32. The number of halogens is 3. The summed E-state index contributed by atoms with van der Waals surface area (Å²) in [5.74, 6) is 0. The molecule has 0 aliphatic heterocycles. The van der Waals surface area contributed by atoms with Crippen molar-refractivity contribution in [3.05, 3.63) is 17.5 Å². The maximum absolute atomic E-state index is 12.0. The predicted octanol–water partition coefficient (Wildman–Crippen LogP) is 3.30. The number of alkyl halides is 3. The zero-order valence-electron chi connectivity index (χ0n) is 12.8. The van der Waals surface area contributed by atoms with Crippen molar-refractivity contribution in [1.82, 2.24) is 15.1 Å². The normalized spacial score (nSPS) is 18.7. The Morgan fingerprint density at radius 3 is 2.73 bits per heavy atom. The van der Waals surface area contributed by atoms with Crippen LogP contribution in [0.2, 0.25) is 0 Å². The van der Waals surface area contributed by atoms with E-state index >= 15 is 0 Å². The summed E-state index contributed by atoms with van der Waals surface area (Å²) < 4.78 is 42.2. The predicted molar refractivity (Wildman–Crippen MR) is 73.4 cm³/mol. The highest BCUT2D eigenvalue weighted by atomic mass is 19.4. The number of alkyl carbamates (subject to hydrolysis) is 1. The van der Waals surface area contributed by atoms with Gasteiger partial charge in [-0.15, -0.1) is 0 Å². The second kappa shape index (κ2) is 5.81. The maximum Gasteiger partial charge on any atom is 0.422 e. The zero-order valence-corrected chi connectivity index (χ0v) is 12.8. The third-order valence-electron chi connectivity index (χ3n) is 3.48. The van der Waals surface area contributed by atoms with Gasteiger partial charge in [0, 0.05) is 11.3 Å². The molecule has 0 saturated carbocycles. The van der Waals surface area contributed by atoms with Crippen LogP contribution in [-0.2, 0) is 16.7 Å². The molecule has 0 aromatic carbocycles. The van der Waals surface area contributed by atoms with Crippen LogP contribution < -0.4 is 5.32 Å². The van der Waals surface area contributed by atoms with Crippen molar-refractivity contribution < 1.29 is 22.7 Å². The molecule has 1 atom stereocenters.